The number of furan rings is 1. The van der Waals surface area contributed by atoms with E-state index in [1.54, 1.807) is 0 Å². The van der Waals surface area contributed by atoms with Crippen LogP contribution in [0, 0.1) is 0 Å². The SMILES string of the molecule is O=C(CCCNC(=O)NC1CCCCC1)NCc1ccc(-c2ccc(Cl)cc2)o1. The zero-order valence-corrected chi connectivity index (χ0v) is 17.3. The standard InChI is InChI=1S/C22H28ClN3O3/c23-17-10-8-16(9-11-17)20-13-12-19(29-20)15-25-21(27)7-4-14-24-22(28)26-18-5-2-1-3-6-18/h8-13,18H,1-7,14-15H2,(H,25,27)(H2,24,26,28). The third-order valence-corrected chi connectivity index (χ3v) is 5.31. The van der Waals surface area contributed by atoms with E-state index in [4.69, 9.17) is 16.0 Å². The molecule has 1 fully saturated rings. The molecule has 1 aliphatic rings. The average molecular weight is 418 g/mol. The van der Waals surface area contributed by atoms with Crippen molar-refractivity contribution in [3.05, 3.63) is 47.2 Å². The Kier molecular flexibility index (Phi) is 7.99. The molecule has 6 nitrogen and oxygen atoms in total. The zero-order chi connectivity index (χ0) is 20.5. The summed E-state index contributed by atoms with van der Waals surface area (Å²) in [6.45, 7) is 0.815. The minimum Gasteiger partial charge on any atom is -0.459 e. The fourth-order valence-corrected chi connectivity index (χ4v) is 3.58. The number of nitrogens with one attached hydrogen (secondary N) is 3. The maximum Gasteiger partial charge on any atom is 0.315 e. The Balaban J connectivity index is 1.30. The molecule has 0 radical (unpaired) electrons. The van der Waals surface area contributed by atoms with Crippen molar-refractivity contribution in [3.63, 3.8) is 0 Å². The van der Waals surface area contributed by atoms with Crippen molar-refractivity contribution in [1.82, 2.24) is 16.0 Å². The summed E-state index contributed by atoms with van der Waals surface area (Å²) in [6, 6.07) is 11.3. The Morgan fingerprint density at radius 1 is 1.00 bits per heavy atom. The Morgan fingerprint density at radius 2 is 1.76 bits per heavy atom. The summed E-state index contributed by atoms with van der Waals surface area (Å²) in [7, 11) is 0. The first kappa shape index (κ1) is 21.2. The van der Waals surface area contributed by atoms with Crippen molar-refractivity contribution >= 4 is 23.5 Å². The molecular weight excluding hydrogens is 390 g/mol. The van der Waals surface area contributed by atoms with Crippen LogP contribution in [-0.4, -0.2) is 24.5 Å². The number of carbonyl (C=O) groups is 2. The molecule has 0 bridgehead atoms. The molecule has 3 N–H and O–H groups in total. The van der Waals surface area contributed by atoms with E-state index >= 15 is 0 Å². The lowest BCUT2D eigenvalue weighted by Crippen LogP contribution is -2.43. The molecule has 1 saturated carbocycles. The monoisotopic (exact) mass is 417 g/mol. The van der Waals surface area contributed by atoms with Gasteiger partial charge in [0.15, 0.2) is 0 Å². The second-order valence-electron chi connectivity index (χ2n) is 7.39. The quantitative estimate of drug-likeness (QED) is 0.547. The summed E-state index contributed by atoms with van der Waals surface area (Å²) in [4.78, 5) is 23.9. The van der Waals surface area contributed by atoms with Gasteiger partial charge in [0, 0.05) is 29.6 Å². The molecular formula is C22H28ClN3O3. The van der Waals surface area contributed by atoms with Crippen molar-refractivity contribution in [2.75, 3.05) is 6.54 Å². The van der Waals surface area contributed by atoms with E-state index in [1.165, 1.54) is 19.3 Å². The van der Waals surface area contributed by atoms with Crippen molar-refractivity contribution < 1.29 is 14.0 Å². The largest absolute Gasteiger partial charge is 0.459 e. The van der Waals surface area contributed by atoms with Gasteiger partial charge >= 0.3 is 6.03 Å². The highest BCUT2D eigenvalue weighted by molar-refractivity contribution is 6.30. The number of amides is 3. The number of urea groups is 1. The molecule has 0 saturated heterocycles. The van der Waals surface area contributed by atoms with Crippen LogP contribution < -0.4 is 16.0 Å². The Bertz CT molecular complexity index is 798. The lowest BCUT2D eigenvalue weighted by atomic mass is 9.96. The van der Waals surface area contributed by atoms with Gasteiger partial charge in [-0.25, -0.2) is 4.79 Å². The number of halogens is 1. The van der Waals surface area contributed by atoms with Gasteiger partial charge in [-0.3, -0.25) is 4.79 Å². The highest BCUT2D eigenvalue weighted by Crippen LogP contribution is 2.23. The second-order valence-corrected chi connectivity index (χ2v) is 7.82. The molecule has 2 aromatic rings. The third kappa shape index (κ3) is 7.13. The van der Waals surface area contributed by atoms with Crippen LogP contribution in [0.3, 0.4) is 0 Å². The predicted molar refractivity (Wildman–Crippen MR) is 114 cm³/mol. The Labute approximate surface area is 176 Å². The van der Waals surface area contributed by atoms with Crippen LogP contribution in [-0.2, 0) is 11.3 Å². The van der Waals surface area contributed by atoms with Crippen LogP contribution in [0.5, 0.6) is 0 Å². The van der Waals surface area contributed by atoms with Crippen LogP contribution in [0.15, 0.2) is 40.8 Å². The van der Waals surface area contributed by atoms with Gasteiger partial charge in [-0.1, -0.05) is 30.9 Å². The summed E-state index contributed by atoms with van der Waals surface area (Å²) < 4.78 is 5.77. The van der Waals surface area contributed by atoms with E-state index in [-0.39, 0.29) is 18.0 Å². The molecule has 7 heteroatoms. The normalized spacial score (nSPS) is 14.4. The zero-order valence-electron chi connectivity index (χ0n) is 16.5. The summed E-state index contributed by atoms with van der Waals surface area (Å²) in [5.74, 6) is 1.36. The van der Waals surface area contributed by atoms with Gasteiger partial charge in [0.05, 0.1) is 6.54 Å². The third-order valence-electron chi connectivity index (χ3n) is 5.06. The number of hydrogen-bond acceptors (Lipinski definition) is 3. The van der Waals surface area contributed by atoms with Crippen LogP contribution in [0.1, 0.15) is 50.7 Å². The van der Waals surface area contributed by atoms with E-state index in [9.17, 15) is 9.59 Å². The molecule has 1 aromatic carbocycles. The maximum absolute atomic E-state index is 12.0. The highest BCUT2D eigenvalue weighted by Gasteiger charge is 2.15. The van der Waals surface area contributed by atoms with Crippen LogP contribution in [0.25, 0.3) is 11.3 Å². The van der Waals surface area contributed by atoms with E-state index in [2.05, 4.69) is 16.0 Å². The number of carbonyl (C=O) groups excluding carboxylic acids is 2. The number of benzene rings is 1. The van der Waals surface area contributed by atoms with Gasteiger partial charge in [0.1, 0.15) is 11.5 Å². The molecule has 3 amide bonds. The maximum atomic E-state index is 12.0. The van der Waals surface area contributed by atoms with Gasteiger partial charge in [0.25, 0.3) is 0 Å². The van der Waals surface area contributed by atoms with Gasteiger partial charge in [-0.05, 0) is 55.7 Å². The lowest BCUT2D eigenvalue weighted by Gasteiger charge is -2.22. The number of hydrogen-bond donors (Lipinski definition) is 3. The average Bonchev–Trinajstić information content (AvgIpc) is 3.20. The van der Waals surface area contributed by atoms with E-state index in [0.29, 0.717) is 36.7 Å². The van der Waals surface area contributed by atoms with Gasteiger partial charge in [-0.2, -0.15) is 0 Å². The van der Waals surface area contributed by atoms with E-state index in [0.717, 1.165) is 24.2 Å². The Hall–Kier alpha value is -2.47. The summed E-state index contributed by atoms with van der Waals surface area (Å²) in [5, 5.41) is 9.35. The van der Waals surface area contributed by atoms with Crippen LogP contribution in [0.4, 0.5) is 4.79 Å². The van der Waals surface area contributed by atoms with Gasteiger partial charge in [-0.15, -0.1) is 0 Å². The summed E-state index contributed by atoms with van der Waals surface area (Å²) in [6.07, 6.45) is 6.69. The molecule has 0 atom stereocenters. The molecule has 1 aliphatic carbocycles. The highest BCUT2D eigenvalue weighted by atomic mass is 35.5. The predicted octanol–water partition coefficient (Wildman–Crippen LogP) is 4.63. The van der Waals surface area contributed by atoms with Crippen molar-refractivity contribution in [3.8, 4) is 11.3 Å². The molecule has 1 aromatic heterocycles. The first-order chi connectivity index (χ1) is 14.1. The first-order valence-corrected chi connectivity index (χ1v) is 10.6. The molecule has 3 rings (SSSR count). The molecule has 1 heterocycles. The van der Waals surface area contributed by atoms with E-state index in [1.807, 2.05) is 36.4 Å². The van der Waals surface area contributed by atoms with Crippen molar-refractivity contribution in [1.29, 1.82) is 0 Å². The smallest absolute Gasteiger partial charge is 0.315 e. The van der Waals surface area contributed by atoms with E-state index < -0.39 is 0 Å². The van der Waals surface area contributed by atoms with Crippen LogP contribution in [0.2, 0.25) is 5.02 Å². The molecule has 0 aliphatic heterocycles. The minimum atomic E-state index is -0.136. The lowest BCUT2D eigenvalue weighted by molar-refractivity contribution is -0.121. The first-order valence-electron chi connectivity index (χ1n) is 10.3. The fraction of sp³-hybridized carbons (Fsp3) is 0.455. The molecule has 156 valence electrons. The van der Waals surface area contributed by atoms with Crippen LogP contribution >= 0.6 is 11.6 Å². The molecule has 0 spiro atoms. The minimum absolute atomic E-state index is 0.0658. The fourth-order valence-electron chi connectivity index (χ4n) is 3.45. The summed E-state index contributed by atoms with van der Waals surface area (Å²) >= 11 is 5.90. The topological polar surface area (TPSA) is 83.4 Å². The second kappa shape index (κ2) is 10.9. The van der Waals surface area contributed by atoms with Crippen molar-refractivity contribution in [2.24, 2.45) is 0 Å². The van der Waals surface area contributed by atoms with Crippen molar-refractivity contribution in [2.45, 2.75) is 57.5 Å². The Morgan fingerprint density at radius 3 is 2.52 bits per heavy atom. The molecule has 0 unspecified atom stereocenters. The summed E-state index contributed by atoms with van der Waals surface area (Å²) in [5.41, 5.74) is 0.935. The van der Waals surface area contributed by atoms with Gasteiger partial charge in [0.2, 0.25) is 5.91 Å². The number of rotatable bonds is 8. The molecule has 29 heavy (non-hydrogen) atoms. The van der Waals surface area contributed by atoms with Gasteiger partial charge < -0.3 is 20.4 Å².